The van der Waals surface area contributed by atoms with Crippen molar-refractivity contribution in [1.82, 2.24) is 0 Å². The van der Waals surface area contributed by atoms with Gasteiger partial charge in [-0.25, -0.2) is 0 Å². The molecule has 2 aliphatic rings. The summed E-state index contributed by atoms with van der Waals surface area (Å²) in [5.41, 5.74) is 1.62. The Morgan fingerprint density at radius 3 is 1.89 bits per heavy atom. The summed E-state index contributed by atoms with van der Waals surface area (Å²) >= 11 is 38.7. The zero-order chi connectivity index (χ0) is 14.1. The van der Waals surface area contributed by atoms with E-state index < -0.39 is 24.8 Å². The Hall–Kier alpha value is 0.700. The predicted octanol–water partition coefficient (Wildman–Crippen LogP) is 5.44. The molecule has 19 heavy (non-hydrogen) atoms. The maximum absolute atomic E-state index is 6.69. The molecule has 0 nitrogen and oxygen atoms in total. The van der Waals surface area contributed by atoms with Crippen LogP contribution in [-0.4, -0.2) is 24.8 Å². The topological polar surface area (TPSA) is 0 Å². The summed E-state index contributed by atoms with van der Waals surface area (Å²) in [6.45, 7) is 0. The highest BCUT2D eigenvalue weighted by Crippen LogP contribution is 2.72. The SMILES string of the molecule is Cl[C@H]1[C@H](Cl)[C@@]2(Cl)C(c3ccccc3)=C[C@]1(Cl)C2(Cl)Cl. The van der Waals surface area contributed by atoms with Crippen LogP contribution in [0.2, 0.25) is 0 Å². The highest BCUT2D eigenvalue weighted by molar-refractivity contribution is 6.65. The third-order valence-corrected chi connectivity index (χ3v) is 8.29. The molecule has 0 spiro atoms. The lowest BCUT2D eigenvalue weighted by Gasteiger charge is -2.33. The average Bonchev–Trinajstić information content (AvgIpc) is 2.62. The first-order valence-corrected chi connectivity index (χ1v) is 7.98. The van der Waals surface area contributed by atoms with Crippen LogP contribution in [0.5, 0.6) is 0 Å². The Kier molecular flexibility index (Phi) is 3.35. The molecule has 6 heteroatoms. The van der Waals surface area contributed by atoms with E-state index in [0.717, 1.165) is 11.1 Å². The molecule has 1 saturated carbocycles. The van der Waals surface area contributed by atoms with Crippen LogP contribution >= 0.6 is 69.6 Å². The average molecular weight is 377 g/mol. The Bertz CT molecular complexity index is 554. The van der Waals surface area contributed by atoms with Crippen molar-refractivity contribution in [2.24, 2.45) is 0 Å². The van der Waals surface area contributed by atoms with E-state index >= 15 is 0 Å². The molecule has 102 valence electrons. The molecule has 0 aliphatic heterocycles. The second kappa shape index (κ2) is 4.35. The van der Waals surface area contributed by atoms with Crippen LogP contribution < -0.4 is 0 Å². The van der Waals surface area contributed by atoms with Crippen molar-refractivity contribution < 1.29 is 0 Å². The Balaban J connectivity index is 2.24. The number of hydrogen-bond acceptors (Lipinski definition) is 0. The van der Waals surface area contributed by atoms with Crippen LogP contribution in [-0.2, 0) is 0 Å². The lowest BCUT2D eigenvalue weighted by atomic mass is 9.90. The monoisotopic (exact) mass is 374 g/mol. The molecule has 0 saturated heterocycles. The molecule has 4 atom stereocenters. The molecule has 0 aromatic heterocycles. The van der Waals surface area contributed by atoms with Gasteiger partial charge in [0.2, 0.25) is 0 Å². The number of hydrogen-bond donors (Lipinski definition) is 0. The van der Waals surface area contributed by atoms with Gasteiger partial charge in [-0.1, -0.05) is 59.6 Å². The smallest absolute Gasteiger partial charge is 0.119 e. The first-order chi connectivity index (χ1) is 8.77. The summed E-state index contributed by atoms with van der Waals surface area (Å²) in [5, 5.41) is -1.31. The van der Waals surface area contributed by atoms with Crippen molar-refractivity contribution in [1.29, 1.82) is 0 Å². The lowest BCUT2D eigenvalue weighted by Crippen LogP contribution is -2.44. The van der Waals surface area contributed by atoms with Crippen LogP contribution in [0.3, 0.4) is 0 Å². The van der Waals surface area contributed by atoms with E-state index in [9.17, 15) is 0 Å². The molecular weight excluding hydrogens is 369 g/mol. The molecular formula is C13H8Cl6. The van der Waals surface area contributed by atoms with Crippen molar-refractivity contribution in [3.63, 3.8) is 0 Å². The van der Waals surface area contributed by atoms with E-state index in [0.29, 0.717) is 0 Å². The van der Waals surface area contributed by atoms with Gasteiger partial charge in [-0.2, -0.15) is 0 Å². The van der Waals surface area contributed by atoms with E-state index in [1.807, 2.05) is 30.3 Å². The normalized spacial score (nSPS) is 43.4. The van der Waals surface area contributed by atoms with Gasteiger partial charge >= 0.3 is 0 Å². The van der Waals surface area contributed by atoms with Gasteiger partial charge in [0.15, 0.2) is 4.33 Å². The minimum Gasteiger partial charge on any atom is -0.119 e. The van der Waals surface area contributed by atoms with E-state index in [1.54, 1.807) is 6.08 Å². The third kappa shape index (κ3) is 1.57. The minimum atomic E-state index is -1.47. The van der Waals surface area contributed by atoms with Gasteiger partial charge in [0.1, 0.15) is 9.75 Å². The summed E-state index contributed by atoms with van der Waals surface area (Å²) in [6, 6.07) is 9.52. The molecule has 0 radical (unpaired) electrons. The fourth-order valence-corrected chi connectivity index (χ4v) is 5.66. The fraction of sp³-hybridized carbons (Fsp3) is 0.385. The lowest BCUT2D eigenvalue weighted by molar-refractivity contribution is 0.698. The maximum atomic E-state index is 6.69. The van der Waals surface area contributed by atoms with Gasteiger partial charge in [-0.3, -0.25) is 0 Å². The van der Waals surface area contributed by atoms with Gasteiger partial charge < -0.3 is 0 Å². The number of rotatable bonds is 1. The standard InChI is InChI=1S/C13H8Cl6/c14-9-10(15)12(17)8(7-4-2-1-3-5-7)6-11(9,16)13(12,18)19/h1-6,9-10H/t9-,10-,11+,12-/m0/s1. The fourth-order valence-electron chi connectivity index (χ4n) is 2.75. The largest absolute Gasteiger partial charge is 0.166 e. The van der Waals surface area contributed by atoms with Crippen LogP contribution in [0.15, 0.2) is 36.4 Å². The van der Waals surface area contributed by atoms with E-state index in [1.165, 1.54) is 0 Å². The molecule has 0 heterocycles. The third-order valence-electron chi connectivity index (χ3n) is 3.81. The second-order valence-corrected chi connectivity index (χ2v) is 8.27. The minimum absolute atomic E-state index is 0.643. The summed E-state index contributed by atoms with van der Waals surface area (Å²) in [5.74, 6) is 0. The van der Waals surface area contributed by atoms with Crippen LogP contribution in [0, 0.1) is 0 Å². The number of fused-ring (bicyclic) bond motifs is 2. The summed E-state index contributed by atoms with van der Waals surface area (Å²) in [6.07, 6.45) is 1.74. The van der Waals surface area contributed by atoms with E-state index in [4.69, 9.17) is 69.6 Å². The van der Waals surface area contributed by atoms with Crippen LogP contribution in [0.4, 0.5) is 0 Å². The van der Waals surface area contributed by atoms with Gasteiger partial charge in [0.05, 0.1) is 10.8 Å². The molecule has 0 amide bonds. The second-order valence-electron chi connectivity index (χ2n) is 4.78. The van der Waals surface area contributed by atoms with Gasteiger partial charge in [-0.15, -0.1) is 46.4 Å². The Morgan fingerprint density at radius 1 is 0.842 bits per heavy atom. The molecule has 2 aliphatic carbocycles. The Morgan fingerprint density at radius 2 is 1.42 bits per heavy atom. The molecule has 1 aromatic rings. The number of benzene rings is 1. The highest BCUT2D eigenvalue weighted by atomic mass is 35.5. The molecule has 0 N–H and O–H groups in total. The van der Waals surface area contributed by atoms with E-state index in [2.05, 4.69) is 0 Å². The number of allylic oxidation sites excluding steroid dienone is 2. The predicted molar refractivity (Wildman–Crippen MR) is 85.3 cm³/mol. The molecule has 2 bridgehead atoms. The molecule has 0 unspecified atom stereocenters. The summed E-state index contributed by atoms with van der Waals surface area (Å²) in [4.78, 5) is -2.40. The molecule has 3 rings (SSSR count). The van der Waals surface area contributed by atoms with Crippen LogP contribution in [0.25, 0.3) is 5.57 Å². The molecule has 1 fully saturated rings. The van der Waals surface area contributed by atoms with Crippen molar-refractivity contribution >= 4 is 75.2 Å². The van der Waals surface area contributed by atoms with Crippen LogP contribution in [0.1, 0.15) is 5.56 Å². The summed E-state index contributed by atoms with van der Waals surface area (Å²) < 4.78 is -1.47. The van der Waals surface area contributed by atoms with Crippen molar-refractivity contribution in [2.75, 3.05) is 0 Å². The Labute approximate surface area is 141 Å². The van der Waals surface area contributed by atoms with Crippen molar-refractivity contribution in [3.05, 3.63) is 42.0 Å². The van der Waals surface area contributed by atoms with Gasteiger partial charge in [0, 0.05) is 0 Å². The summed E-state index contributed by atoms with van der Waals surface area (Å²) in [7, 11) is 0. The number of halogens is 6. The first kappa shape index (κ1) is 14.6. The van der Waals surface area contributed by atoms with Crippen molar-refractivity contribution in [2.45, 2.75) is 24.8 Å². The maximum Gasteiger partial charge on any atom is 0.166 e. The number of alkyl halides is 6. The van der Waals surface area contributed by atoms with Gasteiger partial charge in [0.25, 0.3) is 0 Å². The highest BCUT2D eigenvalue weighted by Gasteiger charge is 2.79. The zero-order valence-corrected chi connectivity index (χ0v) is 13.9. The zero-order valence-electron chi connectivity index (χ0n) is 9.39. The quantitative estimate of drug-likeness (QED) is 0.572. The molecule has 1 aromatic carbocycles. The van der Waals surface area contributed by atoms with E-state index in [-0.39, 0.29) is 0 Å². The van der Waals surface area contributed by atoms with Gasteiger partial charge in [-0.05, 0) is 11.1 Å². The van der Waals surface area contributed by atoms with Crippen molar-refractivity contribution in [3.8, 4) is 0 Å². The first-order valence-electron chi connectivity index (χ1n) is 5.59.